The Hall–Kier alpha value is -2.86. The Kier molecular flexibility index (Phi) is 4.28. The number of benzene rings is 4. The molecule has 1 aliphatic rings. The van der Waals surface area contributed by atoms with E-state index in [2.05, 4.69) is 86.6 Å². The van der Waals surface area contributed by atoms with Crippen LogP contribution in [0, 0.1) is 13.8 Å². The van der Waals surface area contributed by atoms with Crippen LogP contribution in [0.2, 0.25) is 0 Å². The maximum absolute atomic E-state index is 2.32. The summed E-state index contributed by atoms with van der Waals surface area (Å²) in [5, 5.41) is 2.78. The van der Waals surface area contributed by atoms with Gasteiger partial charge >= 0.3 is 0 Å². The fourth-order valence-corrected chi connectivity index (χ4v) is 4.80. The Morgan fingerprint density at radius 3 is 1.29 bits per heavy atom. The van der Waals surface area contributed by atoms with E-state index in [1.165, 1.54) is 69.8 Å². The molecule has 0 unspecified atom stereocenters. The molecule has 0 bridgehead atoms. The van der Waals surface area contributed by atoms with Crippen molar-refractivity contribution in [2.45, 2.75) is 39.5 Å². The van der Waals surface area contributed by atoms with Gasteiger partial charge in [-0.3, -0.25) is 0 Å². The molecular weight excluding hydrogens is 336 g/mol. The van der Waals surface area contributed by atoms with Crippen LogP contribution in [0.4, 0.5) is 0 Å². The first-order chi connectivity index (χ1) is 13.7. The van der Waals surface area contributed by atoms with Gasteiger partial charge in [0.1, 0.15) is 0 Å². The third-order valence-corrected chi connectivity index (χ3v) is 6.22. The highest BCUT2D eigenvalue weighted by Crippen LogP contribution is 2.44. The molecule has 0 radical (unpaired) electrons. The maximum Gasteiger partial charge on any atom is -0.00701 e. The molecule has 0 saturated heterocycles. The molecule has 0 heteroatoms. The Balaban J connectivity index is 1.89. The van der Waals surface area contributed by atoms with Crippen molar-refractivity contribution < 1.29 is 0 Å². The summed E-state index contributed by atoms with van der Waals surface area (Å²) in [5.41, 5.74) is 11.4. The molecule has 0 aromatic heterocycles. The first-order valence-electron chi connectivity index (χ1n) is 10.4. The molecule has 5 rings (SSSR count). The van der Waals surface area contributed by atoms with Crippen LogP contribution in [-0.2, 0) is 12.8 Å². The molecule has 0 spiro atoms. The van der Waals surface area contributed by atoms with E-state index in [9.17, 15) is 0 Å². The van der Waals surface area contributed by atoms with Crippen molar-refractivity contribution in [1.29, 1.82) is 0 Å². The molecule has 0 saturated carbocycles. The Labute approximate surface area is 167 Å². The van der Waals surface area contributed by atoms with E-state index in [1.807, 2.05) is 0 Å². The van der Waals surface area contributed by atoms with Crippen molar-refractivity contribution in [2.24, 2.45) is 0 Å². The number of fused-ring (bicyclic) bond motifs is 2. The monoisotopic (exact) mass is 362 g/mol. The fraction of sp³-hybridized carbons (Fsp3) is 0.214. The first-order valence-corrected chi connectivity index (χ1v) is 10.4. The van der Waals surface area contributed by atoms with Crippen molar-refractivity contribution in [2.75, 3.05) is 0 Å². The lowest BCUT2D eigenvalue weighted by Crippen LogP contribution is -2.08. The maximum atomic E-state index is 2.32. The van der Waals surface area contributed by atoms with Crippen LogP contribution in [0.1, 0.15) is 35.1 Å². The normalized spacial score (nSPS) is 13.5. The predicted molar refractivity (Wildman–Crippen MR) is 121 cm³/mol. The summed E-state index contributed by atoms with van der Waals surface area (Å²) in [6.45, 7) is 4.33. The summed E-state index contributed by atoms with van der Waals surface area (Å²) < 4.78 is 0. The minimum atomic E-state index is 1.18. The van der Waals surface area contributed by atoms with Crippen LogP contribution in [0.3, 0.4) is 0 Å². The van der Waals surface area contributed by atoms with Gasteiger partial charge in [0.25, 0.3) is 0 Å². The Morgan fingerprint density at radius 1 is 0.500 bits per heavy atom. The molecule has 28 heavy (non-hydrogen) atoms. The molecule has 0 atom stereocenters. The molecule has 0 amide bonds. The van der Waals surface area contributed by atoms with Gasteiger partial charge in [0.15, 0.2) is 0 Å². The van der Waals surface area contributed by atoms with Gasteiger partial charge in [-0.2, -0.15) is 0 Å². The van der Waals surface area contributed by atoms with Crippen LogP contribution in [0.5, 0.6) is 0 Å². The minimum absolute atomic E-state index is 1.18. The van der Waals surface area contributed by atoms with E-state index >= 15 is 0 Å². The molecule has 138 valence electrons. The van der Waals surface area contributed by atoms with Crippen LogP contribution in [-0.4, -0.2) is 0 Å². The van der Waals surface area contributed by atoms with E-state index < -0.39 is 0 Å². The highest BCUT2D eigenvalue weighted by atomic mass is 14.3. The van der Waals surface area contributed by atoms with Crippen molar-refractivity contribution in [3.63, 3.8) is 0 Å². The molecule has 0 nitrogen and oxygen atoms in total. The average molecular weight is 363 g/mol. The number of rotatable bonds is 2. The lowest BCUT2D eigenvalue weighted by atomic mass is 9.78. The Morgan fingerprint density at radius 2 is 0.893 bits per heavy atom. The molecule has 0 fully saturated rings. The molecule has 0 N–H and O–H groups in total. The van der Waals surface area contributed by atoms with E-state index in [0.29, 0.717) is 0 Å². The van der Waals surface area contributed by atoms with E-state index in [1.54, 1.807) is 11.1 Å². The molecule has 0 aliphatic heterocycles. The summed E-state index contributed by atoms with van der Waals surface area (Å²) in [5.74, 6) is 0. The number of hydrogen-bond acceptors (Lipinski definition) is 0. The summed E-state index contributed by atoms with van der Waals surface area (Å²) >= 11 is 0. The van der Waals surface area contributed by atoms with Gasteiger partial charge in [0, 0.05) is 0 Å². The van der Waals surface area contributed by atoms with Gasteiger partial charge in [0.05, 0.1) is 0 Å². The predicted octanol–water partition coefficient (Wildman–Crippen LogP) is 7.67. The van der Waals surface area contributed by atoms with E-state index in [0.717, 1.165) is 0 Å². The second-order valence-electron chi connectivity index (χ2n) is 8.19. The van der Waals surface area contributed by atoms with Gasteiger partial charge in [-0.25, -0.2) is 0 Å². The standard InChI is InChI=1S/C28H26/c1-19-11-15-21(16-12-19)27-23-7-3-5-9-25(23)28(22-17-13-20(2)14-18-22)26-10-6-4-8-24(26)27/h3,5,7,9,11-18H,4,6,8,10H2,1-2H3. The van der Waals surface area contributed by atoms with Crippen LogP contribution in [0.25, 0.3) is 33.0 Å². The van der Waals surface area contributed by atoms with Gasteiger partial charge in [-0.05, 0) is 83.7 Å². The summed E-state index contributed by atoms with van der Waals surface area (Å²) in [6.07, 6.45) is 4.94. The first kappa shape index (κ1) is 17.3. The van der Waals surface area contributed by atoms with E-state index in [-0.39, 0.29) is 0 Å². The highest BCUT2D eigenvalue weighted by molar-refractivity contribution is 6.08. The zero-order valence-corrected chi connectivity index (χ0v) is 16.8. The Bertz CT molecular complexity index is 1050. The second kappa shape index (κ2) is 6.95. The van der Waals surface area contributed by atoms with E-state index in [4.69, 9.17) is 0 Å². The third-order valence-electron chi connectivity index (χ3n) is 6.22. The SMILES string of the molecule is Cc1ccc(-c2c3c(c(-c4ccc(C)cc4)c4ccccc24)CCCC3)cc1. The largest absolute Gasteiger partial charge is 0.0616 e. The van der Waals surface area contributed by atoms with Gasteiger partial charge in [-0.1, -0.05) is 83.9 Å². The minimum Gasteiger partial charge on any atom is -0.0616 e. The summed E-state index contributed by atoms with van der Waals surface area (Å²) in [7, 11) is 0. The van der Waals surface area contributed by atoms with Crippen molar-refractivity contribution >= 4 is 10.8 Å². The van der Waals surface area contributed by atoms with Crippen molar-refractivity contribution in [3.8, 4) is 22.3 Å². The molecule has 4 aromatic rings. The fourth-order valence-electron chi connectivity index (χ4n) is 4.80. The zero-order valence-electron chi connectivity index (χ0n) is 16.8. The smallest absolute Gasteiger partial charge is 0.00701 e. The quantitative estimate of drug-likeness (QED) is 0.343. The van der Waals surface area contributed by atoms with Crippen molar-refractivity contribution in [3.05, 3.63) is 95.1 Å². The van der Waals surface area contributed by atoms with Gasteiger partial charge < -0.3 is 0 Å². The van der Waals surface area contributed by atoms with Gasteiger partial charge in [-0.15, -0.1) is 0 Å². The molecule has 0 heterocycles. The average Bonchev–Trinajstić information content (AvgIpc) is 2.74. The number of aryl methyl sites for hydroxylation is 2. The summed E-state index contributed by atoms with van der Waals surface area (Å²) in [6, 6.07) is 27.2. The second-order valence-corrected chi connectivity index (χ2v) is 8.19. The number of hydrogen-bond donors (Lipinski definition) is 0. The van der Waals surface area contributed by atoms with Gasteiger partial charge in [0.2, 0.25) is 0 Å². The molecular formula is C28H26. The van der Waals surface area contributed by atoms with Crippen molar-refractivity contribution in [1.82, 2.24) is 0 Å². The molecule has 4 aromatic carbocycles. The summed E-state index contributed by atoms with van der Waals surface area (Å²) in [4.78, 5) is 0. The van der Waals surface area contributed by atoms with Crippen LogP contribution >= 0.6 is 0 Å². The third kappa shape index (κ3) is 2.85. The highest BCUT2D eigenvalue weighted by Gasteiger charge is 2.23. The molecule has 1 aliphatic carbocycles. The van der Waals surface area contributed by atoms with Crippen LogP contribution in [0.15, 0.2) is 72.8 Å². The lowest BCUT2D eigenvalue weighted by molar-refractivity contribution is 0.689. The van der Waals surface area contributed by atoms with Crippen LogP contribution < -0.4 is 0 Å². The lowest BCUT2D eigenvalue weighted by Gasteiger charge is -2.26. The zero-order chi connectivity index (χ0) is 19.1. The topological polar surface area (TPSA) is 0 Å².